The summed E-state index contributed by atoms with van der Waals surface area (Å²) < 4.78 is 28.0. The number of piperidine rings is 1. The van der Waals surface area contributed by atoms with Crippen LogP contribution in [0.4, 0.5) is 14.6 Å². The van der Waals surface area contributed by atoms with Crippen LogP contribution in [-0.2, 0) is 13.1 Å². The summed E-state index contributed by atoms with van der Waals surface area (Å²) in [5.74, 6) is -1.89. The molecule has 10 nitrogen and oxygen atoms in total. The van der Waals surface area contributed by atoms with Gasteiger partial charge >= 0.3 is 0 Å². The second-order valence-electron chi connectivity index (χ2n) is 9.73. The van der Waals surface area contributed by atoms with Crippen LogP contribution in [0.2, 0.25) is 0 Å². The fourth-order valence-electron chi connectivity index (χ4n) is 4.80. The third kappa shape index (κ3) is 6.29. The second kappa shape index (κ2) is 12.3. The molecule has 1 saturated heterocycles. The molecule has 2 aromatic heterocycles. The van der Waals surface area contributed by atoms with Crippen molar-refractivity contribution in [3.8, 4) is 0 Å². The maximum absolute atomic E-state index is 13.6. The molecule has 0 aliphatic carbocycles. The van der Waals surface area contributed by atoms with Gasteiger partial charge in [0, 0.05) is 43.8 Å². The van der Waals surface area contributed by atoms with E-state index in [4.69, 9.17) is 5.11 Å². The number of nitrogens with zero attached hydrogens (tertiary/aromatic N) is 5. The van der Waals surface area contributed by atoms with Crippen LogP contribution in [0.1, 0.15) is 34.3 Å². The second-order valence-corrected chi connectivity index (χ2v) is 9.73. The van der Waals surface area contributed by atoms with Crippen molar-refractivity contribution in [3.63, 3.8) is 0 Å². The predicted octanol–water partition coefficient (Wildman–Crippen LogP) is 2.31. The molecule has 0 radical (unpaired) electrons. The van der Waals surface area contributed by atoms with Crippen LogP contribution in [0, 0.1) is 11.6 Å². The average Bonchev–Trinajstić information content (AvgIpc) is 2.96. The minimum Gasteiger partial charge on any atom is -0.395 e. The minimum atomic E-state index is -1.02. The Morgan fingerprint density at radius 3 is 2.62 bits per heavy atom. The number of anilines is 1. The molecular formula is C28H29F2N7O3. The van der Waals surface area contributed by atoms with E-state index >= 15 is 0 Å². The van der Waals surface area contributed by atoms with Gasteiger partial charge in [-0.05, 0) is 48.2 Å². The zero-order valence-corrected chi connectivity index (χ0v) is 21.7. The van der Waals surface area contributed by atoms with Crippen molar-refractivity contribution in [1.82, 2.24) is 29.7 Å². The summed E-state index contributed by atoms with van der Waals surface area (Å²) in [5, 5.41) is 16.3. The number of halogens is 2. The number of hydrogen-bond acceptors (Lipinski definition) is 8. The Balaban J connectivity index is 1.26. The number of fused-ring (bicyclic) bond motifs is 1. The zero-order chi connectivity index (χ0) is 28.1. The van der Waals surface area contributed by atoms with Crippen LogP contribution in [0.25, 0.3) is 10.9 Å². The molecule has 3 heterocycles. The van der Waals surface area contributed by atoms with Crippen molar-refractivity contribution in [2.75, 3.05) is 31.6 Å². The first-order valence-electron chi connectivity index (χ1n) is 13.0. The Labute approximate surface area is 228 Å². The summed E-state index contributed by atoms with van der Waals surface area (Å²) in [6, 6.07) is 9.20. The largest absolute Gasteiger partial charge is 0.395 e. The Bertz CT molecular complexity index is 1570. The number of aromatic nitrogens is 4. The van der Waals surface area contributed by atoms with E-state index < -0.39 is 23.1 Å². The first kappa shape index (κ1) is 27.3. The molecule has 1 fully saturated rings. The number of aliphatic hydroxyl groups is 1. The highest BCUT2D eigenvalue weighted by Gasteiger charge is 2.20. The molecule has 0 bridgehead atoms. The molecule has 1 amide bonds. The van der Waals surface area contributed by atoms with Crippen LogP contribution in [0.15, 0.2) is 60.0 Å². The normalized spacial score (nSPS) is 14.4. The van der Waals surface area contributed by atoms with E-state index in [2.05, 4.69) is 30.5 Å². The minimum absolute atomic E-state index is 0.0644. The first-order chi connectivity index (χ1) is 19.4. The quantitative estimate of drug-likeness (QED) is 0.291. The van der Waals surface area contributed by atoms with Crippen molar-refractivity contribution in [1.29, 1.82) is 0 Å². The molecule has 0 spiro atoms. The molecule has 1 aliphatic heterocycles. The van der Waals surface area contributed by atoms with E-state index in [9.17, 15) is 18.4 Å². The number of amides is 1. The highest BCUT2D eigenvalue weighted by molar-refractivity contribution is 5.93. The van der Waals surface area contributed by atoms with Gasteiger partial charge in [0.15, 0.2) is 11.6 Å². The Morgan fingerprint density at radius 2 is 1.85 bits per heavy atom. The number of benzene rings is 2. The van der Waals surface area contributed by atoms with Gasteiger partial charge in [-0.25, -0.2) is 23.7 Å². The molecule has 1 aliphatic rings. The standard InChI is InChI=1S/C28H29F2N7O3/c29-23-3-1-19(12-24(23)30)15-37-17-31-14-22(28(37)40)27(39)32-13-18-2-4-25-21(11-18)26(34-16-33-25)35-20-5-7-36(8-6-20)9-10-38/h1-4,11-12,14,16-17,20,38H,5-10,13,15H2,(H,32,39)(H,33,34,35). The third-order valence-corrected chi connectivity index (χ3v) is 6.98. The van der Waals surface area contributed by atoms with Crippen molar-refractivity contribution in [2.24, 2.45) is 0 Å². The molecule has 3 N–H and O–H groups in total. The van der Waals surface area contributed by atoms with Gasteiger partial charge in [-0.1, -0.05) is 12.1 Å². The van der Waals surface area contributed by atoms with Gasteiger partial charge in [-0.15, -0.1) is 0 Å². The van der Waals surface area contributed by atoms with Gasteiger partial charge in [0.1, 0.15) is 17.7 Å². The van der Waals surface area contributed by atoms with Crippen molar-refractivity contribution in [3.05, 3.63) is 93.9 Å². The Hall–Kier alpha value is -4.29. The SMILES string of the molecule is O=C(NCc1ccc2ncnc(NC3CCN(CCO)CC3)c2c1)c1cncn(Cc2ccc(F)c(F)c2)c1=O. The van der Waals surface area contributed by atoms with Crippen LogP contribution >= 0.6 is 0 Å². The van der Waals surface area contributed by atoms with E-state index in [1.54, 1.807) is 0 Å². The average molecular weight is 550 g/mol. The van der Waals surface area contributed by atoms with Crippen LogP contribution in [-0.4, -0.2) is 67.7 Å². The number of nitrogens with one attached hydrogen (secondary N) is 2. The lowest BCUT2D eigenvalue weighted by Crippen LogP contribution is -2.40. The molecule has 208 valence electrons. The lowest BCUT2D eigenvalue weighted by atomic mass is 10.0. The fourth-order valence-corrected chi connectivity index (χ4v) is 4.80. The van der Waals surface area contributed by atoms with Gasteiger partial charge in [0.05, 0.1) is 25.0 Å². The number of likely N-dealkylation sites (tertiary alicyclic amines) is 1. The van der Waals surface area contributed by atoms with E-state index in [0.29, 0.717) is 17.9 Å². The number of carbonyl (C=O) groups is 1. The third-order valence-electron chi connectivity index (χ3n) is 6.98. The smallest absolute Gasteiger partial charge is 0.266 e. The van der Waals surface area contributed by atoms with Gasteiger partial charge in [-0.3, -0.25) is 14.2 Å². The van der Waals surface area contributed by atoms with E-state index in [1.165, 1.54) is 29.5 Å². The lowest BCUT2D eigenvalue weighted by molar-refractivity contribution is 0.0948. The fraction of sp³-hybridized carbons (Fsp3) is 0.321. The van der Waals surface area contributed by atoms with Crippen LogP contribution < -0.4 is 16.2 Å². The Morgan fingerprint density at radius 1 is 1.05 bits per heavy atom. The molecule has 0 saturated carbocycles. The van der Waals surface area contributed by atoms with Crippen LogP contribution in [0.5, 0.6) is 0 Å². The van der Waals surface area contributed by atoms with E-state index in [-0.39, 0.29) is 31.3 Å². The highest BCUT2D eigenvalue weighted by Crippen LogP contribution is 2.23. The topological polar surface area (TPSA) is 125 Å². The molecule has 5 rings (SSSR count). The predicted molar refractivity (Wildman–Crippen MR) is 145 cm³/mol. The molecule has 12 heteroatoms. The lowest BCUT2D eigenvalue weighted by Gasteiger charge is -2.32. The summed E-state index contributed by atoms with van der Waals surface area (Å²) in [6.07, 6.45) is 5.80. The van der Waals surface area contributed by atoms with Crippen molar-refractivity contribution < 1.29 is 18.7 Å². The molecule has 2 aromatic carbocycles. The molecule has 4 aromatic rings. The number of rotatable bonds is 9. The number of hydrogen-bond donors (Lipinski definition) is 3. The monoisotopic (exact) mass is 549 g/mol. The summed E-state index contributed by atoms with van der Waals surface area (Å²) in [4.78, 5) is 40.8. The summed E-state index contributed by atoms with van der Waals surface area (Å²) in [7, 11) is 0. The molecule has 40 heavy (non-hydrogen) atoms. The maximum atomic E-state index is 13.6. The molecule has 0 unspecified atom stereocenters. The summed E-state index contributed by atoms with van der Waals surface area (Å²) in [5.41, 5.74) is 1.16. The molecular weight excluding hydrogens is 520 g/mol. The van der Waals surface area contributed by atoms with E-state index in [1.807, 2.05) is 18.2 Å². The number of aliphatic hydroxyl groups excluding tert-OH is 1. The Kier molecular flexibility index (Phi) is 8.37. The number of β-amino-alcohol motifs (C(OH)–C–C–N with tert-alkyl or cyclic N) is 1. The number of carbonyl (C=O) groups excluding carboxylic acids is 1. The van der Waals surface area contributed by atoms with Crippen molar-refractivity contribution >= 4 is 22.6 Å². The van der Waals surface area contributed by atoms with Crippen molar-refractivity contribution in [2.45, 2.75) is 32.0 Å². The maximum Gasteiger partial charge on any atom is 0.266 e. The van der Waals surface area contributed by atoms with Gasteiger partial charge in [0.25, 0.3) is 11.5 Å². The summed E-state index contributed by atoms with van der Waals surface area (Å²) in [6.45, 7) is 2.72. The molecule has 0 atom stereocenters. The van der Waals surface area contributed by atoms with Gasteiger partial charge < -0.3 is 20.6 Å². The highest BCUT2D eigenvalue weighted by atomic mass is 19.2. The summed E-state index contributed by atoms with van der Waals surface area (Å²) >= 11 is 0. The van der Waals surface area contributed by atoms with Gasteiger partial charge in [-0.2, -0.15) is 0 Å². The first-order valence-corrected chi connectivity index (χ1v) is 13.0. The van der Waals surface area contributed by atoms with Gasteiger partial charge in [0.2, 0.25) is 0 Å². The van der Waals surface area contributed by atoms with Crippen LogP contribution in [0.3, 0.4) is 0 Å². The van der Waals surface area contributed by atoms with E-state index in [0.717, 1.165) is 54.5 Å². The zero-order valence-electron chi connectivity index (χ0n) is 21.7.